The molecule has 1 aliphatic heterocycles. The zero-order valence-electron chi connectivity index (χ0n) is 20.8. The number of amides is 1. The van der Waals surface area contributed by atoms with Gasteiger partial charge < -0.3 is 20.4 Å². The second-order valence-corrected chi connectivity index (χ2v) is 9.41. The average molecular weight is 483 g/mol. The molecule has 9 nitrogen and oxygen atoms in total. The SMILES string of the molecule is CC(C)Nc1cncc(-c2ccc3nnc(NC(=O)c4ccnc(N5CCN(C)CC5)c4)cc3c2)c1. The maximum atomic E-state index is 13.0. The van der Waals surface area contributed by atoms with Gasteiger partial charge in [-0.3, -0.25) is 9.78 Å². The number of nitrogens with zero attached hydrogens (tertiary/aromatic N) is 6. The fraction of sp³-hybridized carbons (Fsp3) is 0.296. The molecule has 0 saturated carbocycles. The van der Waals surface area contributed by atoms with Crippen molar-refractivity contribution >= 4 is 34.1 Å². The number of fused-ring (bicyclic) bond motifs is 1. The molecule has 0 aliphatic carbocycles. The summed E-state index contributed by atoms with van der Waals surface area (Å²) in [6.45, 7) is 7.91. The predicted octanol–water partition coefficient (Wildman–Crippen LogP) is 3.91. The molecule has 3 aromatic heterocycles. The van der Waals surface area contributed by atoms with E-state index in [1.165, 1.54) is 0 Å². The summed E-state index contributed by atoms with van der Waals surface area (Å²) in [5, 5.41) is 15.7. The van der Waals surface area contributed by atoms with Crippen LogP contribution in [-0.4, -0.2) is 70.2 Å². The summed E-state index contributed by atoms with van der Waals surface area (Å²) in [7, 11) is 2.11. The summed E-state index contributed by atoms with van der Waals surface area (Å²) in [6.07, 6.45) is 5.33. The highest BCUT2D eigenvalue weighted by atomic mass is 16.1. The van der Waals surface area contributed by atoms with E-state index >= 15 is 0 Å². The predicted molar refractivity (Wildman–Crippen MR) is 143 cm³/mol. The highest BCUT2D eigenvalue weighted by Gasteiger charge is 2.17. The van der Waals surface area contributed by atoms with Gasteiger partial charge in [0.25, 0.3) is 5.91 Å². The molecule has 1 saturated heterocycles. The Hall–Kier alpha value is -4.11. The molecule has 0 unspecified atom stereocenters. The third-order valence-corrected chi connectivity index (χ3v) is 6.19. The van der Waals surface area contributed by atoms with E-state index in [-0.39, 0.29) is 5.91 Å². The number of anilines is 3. The number of aromatic nitrogens is 4. The summed E-state index contributed by atoms with van der Waals surface area (Å²) in [5.74, 6) is 0.970. The fourth-order valence-electron chi connectivity index (χ4n) is 4.25. The van der Waals surface area contributed by atoms with E-state index in [1.807, 2.05) is 42.7 Å². The third-order valence-electron chi connectivity index (χ3n) is 6.19. The largest absolute Gasteiger partial charge is 0.382 e. The van der Waals surface area contributed by atoms with Gasteiger partial charge in [-0.2, -0.15) is 0 Å². The summed E-state index contributed by atoms with van der Waals surface area (Å²) in [5.41, 5.74) is 4.27. The minimum Gasteiger partial charge on any atom is -0.382 e. The number of carbonyl (C=O) groups excluding carboxylic acids is 1. The number of hydrogen-bond acceptors (Lipinski definition) is 8. The van der Waals surface area contributed by atoms with Gasteiger partial charge in [-0.25, -0.2) is 4.98 Å². The van der Waals surface area contributed by atoms with Crippen LogP contribution in [0.2, 0.25) is 0 Å². The molecule has 0 atom stereocenters. The second kappa shape index (κ2) is 10.2. The van der Waals surface area contributed by atoms with Crippen LogP contribution in [0.3, 0.4) is 0 Å². The van der Waals surface area contributed by atoms with Crippen LogP contribution in [0.5, 0.6) is 0 Å². The first-order chi connectivity index (χ1) is 17.4. The zero-order chi connectivity index (χ0) is 25.1. The van der Waals surface area contributed by atoms with Gasteiger partial charge in [0.1, 0.15) is 5.82 Å². The molecule has 9 heteroatoms. The van der Waals surface area contributed by atoms with Crippen LogP contribution in [0.4, 0.5) is 17.3 Å². The minimum atomic E-state index is -0.241. The minimum absolute atomic E-state index is 0.241. The molecule has 1 fully saturated rings. The Morgan fingerprint density at radius 2 is 1.78 bits per heavy atom. The molecule has 0 spiro atoms. The number of rotatable bonds is 6. The number of pyridine rings is 2. The maximum Gasteiger partial charge on any atom is 0.257 e. The van der Waals surface area contributed by atoms with Crippen molar-refractivity contribution in [1.82, 2.24) is 25.1 Å². The van der Waals surface area contributed by atoms with Gasteiger partial charge in [0.05, 0.1) is 11.2 Å². The van der Waals surface area contributed by atoms with Gasteiger partial charge in [0, 0.05) is 67.3 Å². The average Bonchev–Trinajstić information content (AvgIpc) is 2.88. The number of piperazine rings is 1. The lowest BCUT2D eigenvalue weighted by Crippen LogP contribution is -2.44. The Kier molecular flexibility index (Phi) is 6.73. The van der Waals surface area contributed by atoms with Gasteiger partial charge in [-0.1, -0.05) is 6.07 Å². The van der Waals surface area contributed by atoms with Crippen molar-refractivity contribution in [2.75, 3.05) is 48.8 Å². The Morgan fingerprint density at radius 1 is 0.944 bits per heavy atom. The number of benzene rings is 1. The smallest absolute Gasteiger partial charge is 0.257 e. The van der Waals surface area contributed by atoms with Crippen molar-refractivity contribution in [2.24, 2.45) is 0 Å². The van der Waals surface area contributed by atoms with E-state index < -0.39 is 0 Å². The zero-order valence-corrected chi connectivity index (χ0v) is 20.8. The van der Waals surface area contributed by atoms with E-state index in [0.717, 1.165) is 59.7 Å². The van der Waals surface area contributed by atoms with Crippen molar-refractivity contribution in [3.8, 4) is 11.1 Å². The lowest BCUT2D eigenvalue weighted by atomic mass is 10.0. The molecule has 0 bridgehead atoms. The molecule has 184 valence electrons. The van der Waals surface area contributed by atoms with Gasteiger partial charge in [0.15, 0.2) is 5.82 Å². The van der Waals surface area contributed by atoms with Crippen molar-refractivity contribution in [1.29, 1.82) is 0 Å². The summed E-state index contributed by atoms with van der Waals surface area (Å²) >= 11 is 0. The van der Waals surface area contributed by atoms with E-state index in [4.69, 9.17) is 0 Å². The maximum absolute atomic E-state index is 13.0. The summed E-state index contributed by atoms with van der Waals surface area (Å²) in [6, 6.07) is 13.7. The highest BCUT2D eigenvalue weighted by Crippen LogP contribution is 2.26. The normalized spacial score (nSPS) is 14.3. The number of carbonyl (C=O) groups is 1. The lowest BCUT2D eigenvalue weighted by molar-refractivity contribution is 0.102. The molecule has 4 aromatic rings. The van der Waals surface area contributed by atoms with Crippen molar-refractivity contribution < 1.29 is 4.79 Å². The molecule has 5 rings (SSSR count). The molecule has 36 heavy (non-hydrogen) atoms. The van der Waals surface area contributed by atoms with E-state index in [9.17, 15) is 4.79 Å². The van der Waals surface area contributed by atoms with Crippen LogP contribution in [0.15, 0.2) is 61.1 Å². The lowest BCUT2D eigenvalue weighted by Gasteiger charge is -2.33. The van der Waals surface area contributed by atoms with Crippen LogP contribution in [0.1, 0.15) is 24.2 Å². The molecule has 0 radical (unpaired) electrons. The second-order valence-electron chi connectivity index (χ2n) is 9.41. The molecular formula is C27H30N8O. The van der Waals surface area contributed by atoms with E-state index in [2.05, 4.69) is 67.6 Å². The third kappa shape index (κ3) is 5.41. The number of nitrogens with one attached hydrogen (secondary N) is 2. The molecule has 1 amide bonds. The molecule has 1 aromatic carbocycles. The Labute approximate surface area is 210 Å². The van der Waals surface area contributed by atoms with Gasteiger partial charge in [-0.15, -0.1) is 10.2 Å². The number of likely N-dealkylation sites (N-methyl/N-ethyl adjacent to an activating group) is 1. The monoisotopic (exact) mass is 482 g/mol. The van der Waals surface area contributed by atoms with Gasteiger partial charge >= 0.3 is 0 Å². The first-order valence-corrected chi connectivity index (χ1v) is 12.1. The molecule has 4 heterocycles. The van der Waals surface area contributed by atoms with Crippen LogP contribution in [0, 0.1) is 0 Å². The Balaban J connectivity index is 1.35. The Morgan fingerprint density at radius 3 is 2.58 bits per heavy atom. The number of hydrogen-bond donors (Lipinski definition) is 2. The molecular weight excluding hydrogens is 452 g/mol. The van der Waals surface area contributed by atoms with Gasteiger partial charge in [0.2, 0.25) is 0 Å². The van der Waals surface area contributed by atoms with E-state index in [1.54, 1.807) is 12.3 Å². The fourth-order valence-corrected chi connectivity index (χ4v) is 4.25. The van der Waals surface area contributed by atoms with Crippen LogP contribution >= 0.6 is 0 Å². The summed E-state index contributed by atoms with van der Waals surface area (Å²) in [4.78, 5) is 26.3. The quantitative estimate of drug-likeness (QED) is 0.427. The van der Waals surface area contributed by atoms with Crippen LogP contribution in [-0.2, 0) is 0 Å². The summed E-state index contributed by atoms with van der Waals surface area (Å²) < 4.78 is 0. The first kappa shape index (κ1) is 23.6. The topological polar surface area (TPSA) is 99.2 Å². The van der Waals surface area contributed by atoms with Crippen LogP contribution in [0.25, 0.3) is 22.0 Å². The molecule has 2 N–H and O–H groups in total. The van der Waals surface area contributed by atoms with E-state index in [0.29, 0.717) is 17.4 Å². The van der Waals surface area contributed by atoms with Gasteiger partial charge in [-0.05, 0) is 62.9 Å². The first-order valence-electron chi connectivity index (χ1n) is 12.1. The van der Waals surface area contributed by atoms with Crippen molar-refractivity contribution in [3.63, 3.8) is 0 Å². The van der Waals surface area contributed by atoms with Crippen LogP contribution < -0.4 is 15.5 Å². The molecule has 1 aliphatic rings. The van der Waals surface area contributed by atoms with Crippen molar-refractivity contribution in [2.45, 2.75) is 19.9 Å². The van der Waals surface area contributed by atoms with Crippen molar-refractivity contribution in [3.05, 3.63) is 66.6 Å². The standard InChI is InChI=1S/C27H30N8O/c1-18(2)30-23-13-22(16-28-17-23)19-4-5-24-21(12-19)14-25(33-32-24)31-27(36)20-6-7-29-26(15-20)35-10-8-34(3)9-11-35/h4-7,12-18,30H,8-11H2,1-3H3,(H,31,33,36). The Bertz CT molecular complexity index is 1380. The highest BCUT2D eigenvalue weighted by molar-refractivity contribution is 6.04.